The molecule has 0 radical (unpaired) electrons. The Bertz CT molecular complexity index is 1130. The minimum absolute atomic E-state index is 0.0659. The summed E-state index contributed by atoms with van der Waals surface area (Å²) < 4.78 is 29.0. The number of rotatable bonds is 5. The molecule has 0 unspecified atom stereocenters. The number of amides is 2. The molecule has 7 nitrogen and oxygen atoms in total. The highest BCUT2D eigenvalue weighted by atomic mass is 32.2. The van der Waals surface area contributed by atoms with Crippen LogP contribution < -0.4 is 14.9 Å². The van der Waals surface area contributed by atoms with Gasteiger partial charge in [0.1, 0.15) is 6.04 Å². The SMILES string of the molecule is CC(C)[C@@H](NS(=O)(=O)c1ccc2c(c1)CCCC(=O)N2)C(=O)N1CCc2ccccc21. The summed E-state index contributed by atoms with van der Waals surface area (Å²) >= 11 is 0. The van der Waals surface area contributed by atoms with E-state index in [4.69, 9.17) is 0 Å². The van der Waals surface area contributed by atoms with Crippen LogP contribution in [0.25, 0.3) is 0 Å². The summed E-state index contributed by atoms with van der Waals surface area (Å²) in [5.74, 6) is -0.537. The molecule has 2 aliphatic rings. The average molecular weight is 442 g/mol. The van der Waals surface area contributed by atoms with E-state index in [0.717, 1.165) is 23.2 Å². The minimum Gasteiger partial charge on any atom is -0.326 e. The molecule has 0 saturated carbocycles. The number of sulfonamides is 1. The maximum atomic E-state index is 13.3. The molecule has 2 heterocycles. The van der Waals surface area contributed by atoms with Crippen LogP contribution >= 0.6 is 0 Å². The molecule has 2 aromatic rings. The average Bonchev–Trinajstić information content (AvgIpc) is 3.07. The number of nitrogens with one attached hydrogen (secondary N) is 2. The Labute approximate surface area is 182 Å². The van der Waals surface area contributed by atoms with Gasteiger partial charge in [-0.25, -0.2) is 8.42 Å². The fourth-order valence-corrected chi connectivity index (χ4v) is 5.55. The number of para-hydroxylation sites is 1. The van der Waals surface area contributed by atoms with Gasteiger partial charge in [-0.05, 0) is 60.6 Å². The fraction of sp³-hybridized carbons (Fsp3) is 0.391. The molecule has 4 rings (SSSR count). The standard InChI is InChI=1S/C23H27N3O4S/c1-15(2)22(23(28)26-13-12-16-6-3-4-8-20(16)26)25-31(29,30)18-10-11-19-17(14-18)7-5-9-21(27)24-19/h3-4,6,8,10-11,14-15,22,25H,5,7,9,12-13H2,1-2H3,(H,24,27)/t22-/m1/s1. The lowest BCUT2D eigenvalue weighted by Crippen LogP contribution is -2.51. The fourth-order valence-electron chi connectivity index (χ4n) is 4.16. The number of hydrogen-bond acceptors (Lipinski definition) is 4. The van der Waals surface area contributed by atoms with Crippen molar-refractivity contribution in [2.75, 3.05) is 16.8 Å². The van der Waals surface area contributed by atoms with Crippen LogP contribution in [0.5, 0.6) is 0 Å². The Balaban J connectivity index is 1.59. The number of carbonyl (C=O) groups excluding carboxylic acids is 2. The molecule has 1 atom stereocenters. The predicted octanol–water partition coefficient (Wildman–Crippen LogP) is 2.85. The lowest BCUT2D eigenvalue weighted by molar-refractivity contribution is -0.121. The first-order chi connectivity index (χ1) is 14.8. The largest absolute Gasteiger partial charge is 0.326 e. The van der Waals surface area contributed by atoms with Gasteiger partial charge in [0.15, 0.2) is 0 Å². The molecule has 2 aromatic carbocycles. The van der Waals surface area contributed by atoms with Gasteiger partial charge in [0.25, 0.3) is 0 Å². The van der Waals surface area contributed by atoms with E-state index in [0.29, 0.717) is 31.5 Å². The Morgan fingerprint density at radius 3 is 2.61 bits per heavy atom. The molecule has 2 amide bonds. The zero-order valence-electron chi connectivity index (χ0n) is 17.7. The number of hydrogen-bond donors (Lipinski definition) is 2. The molecule has 0 spiro atoms. The zero-order valence-corrected chi connectivity index (χ0v) is 18.5. The van der Waals surface area contributed by atoms with Crippen LogP contribution in [0.4, 0.5) is 11.4 Å². The Hall–Kier alpha value is -2.71. The lowest BCUT2D eigenvalue weighted by atomic mass is 10.0. The van der Waals surface area contributed by atoms with Crippen molar-refractivity contribution in [2.24, 2.45) is 5.92 Å². The molecule has 0 bridgehead atoms. The van der Waals surface area contributed by atoms with E-state index in [9.17, 15) is 18.0 Å². The van der Waals surface area contributed by atoms with Crippen molar-refractivity contribution in [1.82, 2.24) is 4.72 Å². The summed E-state index contributed by atoms with van der Waals surface area (Å²) in [4.78, 5) is 26.9. The maximum absolute atomic E-state index is 13.3. The topological polar surface area (TPSA) is 95.6 Å². The molecule has 164 valence electrons. The summed E-state index contributed by atoms with van der Waals surface area (Å²) in [5.41, 5.74) is 3.37. The summed E-state index contributed by atoms with van der Waals surface area (Å²) in [7, 11) is -3.93. The van der Waals surface area contributed by atoms with Crippen LogP contribution in [0.1, 0.15) is 37.8 Å². The second-order valence-electron chi connectivity index (χ2n) is 8.43. The Kier molecular flexibility index (Phi) is 5.85. The van der Waals surface area contributed by atoms with E-state index in [1.165, 1.54) is 6.07 Å². The quantitative estimate of drug-likeness (QED) is 0.746. The van der Waals surface area contributed by atoms with Gasteiger partial charge in [0, 0.05) is 24.3 Å². The number of fused-ring (bicyclic) bond motifs is 2. The van der Waals surface area contributed by atoms with Gasteiger partial charge in [-0.15, -0.1) is 0 Å². The highest BCUT2D eigenvalue weighted by molar-refractivity contribution is 7.89. The molecule has 31 heavy (non-hydrogen) atoms. The van der Waals surface area contributed by atoms with Crippen LogP contribution in [0, 0.1) is 5.92 Å². The molecule has 0 aliphatic carbocycles. The lowest BCUT2D eigenvalue weighted by Gasteiger charge is -2.27. The van der Waals surface area contributed by atoms with E-state index in [1.807, 2.05) is 38.1 Å². The third-order valence-electron chi connectivity index (χ3n) is 5.88. The van der Waals surface area contributed by atoms with E-state index < -0.39 is 16.1 Å². The third-order valence-corrected chi connectivity index (χ3v) is 7.32. The first-order valence-corrected chi connectivity index (χ1v) is 12.1. The van der Waals surface area contributed by atoms with Crippen LogP contribution in [-0.4, -0.2) is 32.8 Å². The number of anilines is 2. The normalized spacial score (nSPS) is 17.0. The molecule has 0 fully saturated rings. The number of nitrogens with zero attached hydrogens (tertiary/aromatic N) is 1. The van der Waals surface area contributed by atoms with Gasteiger partial charge in [-0.2, -0.15) is 4.72 Å². The van der Waals surface area contributed by atoms with Crippen LogP contribution in [-0.2, 0) is 32.5 Å². The molecule has 0 aromatic heterocycles. The van der Waals surface area contributed by atoms with Crippen molar-refractivity contribution < 1.29 is 18.0 Å². The molecular formula is C23H27N3O4S. The van der Waals surface area contributed by atoms with E-state index in [-0.39, 0.29) is 22.6 Å². The highest BCUT2D eigenvalue weighted by Gasteiger charge is 2.35. The Morgan fingerprint density at radius 1 is 1.06 bits per heavy atom. The van der Waals surface area contributed by atoms with Gasteiger partial charge in [-0.1, -0.05) is 32.0 Å². The van der Waals surface area contributed by atoms with Crippen LogP contribution in [0.3, 0.4) is 0 Å². The van der Waals surface area contributed by atoms with Gasteiger partial charge < -0.3 is 10.2 Å². The van der Waals surface area contributed by atoms with E-state index in [2.05, 4.69) is 10.0 Å². The molecule has 8 heteroatoms. The monoisotopic (exact) mass is 441 g/mol. The van der Waals surface area contributed by atoms with Gasteiger partial charge in [0.2, 0.25) is 21.8 Å². The van der Waals surface area contributed by atoms with Gasteiger partial charge in [0.05, 0.1) is 4.90 Å². The molecular weight excluding hydrogens is 414 g/mol. The van der Waals surface area contributed by atoms with Gasteiger partial charge in [-0.3, -0.25) is 9.59 Å². The molecule has 0 saturated heterocycles. The Morgan fingerprint density at radius 2 is 1.84 bits per heavy atom. The summed E-state index contributed by atoms with van der Waals surface area (Å²) in [6.07, 6.45) is 2.46. The van der Waals surface area contributed by atoms with E-state index in [1.54, 1.807) is 17.0 Å². The smallest absolute Gasteiger partial charge is 0.245 e. The number of carbonyl (C=O) groups is 2. The molecule has 2 aliphatic heterocycles. The highest BCUT2D eigenvalue weighted by Crippen LogP contribution is 2.29. The number of aryl methyl sites for hydroxylation is 1. The second-order valence-corrected chi connectivity index (χ2v) is 10.1. The summed E-state index contributed by atoms with van der Waals surface area (Å²) in [6, 6.07) is 11.5. The first-order valence-electron chi connectivity index (χ1n) is 10.6. The van der Waals surface area contributed by atoms with E-state index >= 15 is 0 Å². The number of benzene rings is 2. The van der Waals surface area contributed by atoms with Gasteiger partial charge >= 0.3 is 0 Å². The predicted molar refractivity (Wildman–Crippen MR) is 119 cm³/mol. The first kappa shape index (κ1) is 21.5. The van der Waals surface area contributed by atoms with Crippen molar-refractivity contribution in [3.8, 4) is 0 Å². The summed E-state index contributed by atoms with van der Waals surface area (Å²) in [5, 5.41) is 2.81. The molecule has 2 N–H and O–H groups in total. The van der Waals surface area contributed by atoms with Crippen molar-refractivity contribution >= 4 is 33.2 Å². The third kappa shape index (κ3) is 4.36. The van der Waals surface area contributed by atoms with Crippen LogP contribution in [0.2, 0.25) is 0 Å². The second kappa shape index (κ2) is 8.43. The van der Waals surface area contributed by atoms with Crippen LogP contribution in [0.15, 0.2) is 47.4 Å². The van der Waals surface area contributed by atoms with Crippen molar-refractivity contribution in [2.45, 2.75) is 50.5 Å². The van der Waals surface area contributed by atoms with Crippen molar-refractivity contribution in [1.29, 1.82) is 0 Å². The van der Waals surface area contributed by atoms with Crippen molar-refractivity contribution in [3.63, 3.8) is 0 Å². The zero-order chi connectivity index (χ0) is 22.2. The minimum atomic E-state index is -3.93. The van der Waals surface area contributed by atoms with Crippen molar-refractivity contribution in [3.05, 3.63) is 53.6 Å². The summed E-state index contributed by atoms with van der Waals surface area (Å²) in [6.45, 7) is 4.21. The maximum Gasteiger partial charge on any atom is 0.245 e.